The number of tetrazole rings is 1. The zero-order valence-electron chi connectivity index (χ0n) is 81.0. The van der Waals surface area contributed by atoms with Gasteiger partial charge in [-0.25, -0.2) is 27.6 Å². The fraction of sp³-hybridized carbons (Fsp3) is 0.156. The lowest BCUT2D eigenvalue weighted by molar-refractivity contribution is -0.129. The molecule has 145 heavy (non-hydrogen) atoms. The predicted molar refractivity (Wildman–Crippen MR) is 557 cm³/mol. The predicted octanol–water partition coefficient (Wildman–Crippen LogP) is 24.4. The van der Waals surface area contributed by atoms with Gasteiger partial charge in [-0.1, -0.05) is 334 Å². The van der Waals surface area contributed by atoms with E-state index in [1.165, 1.54) is 89.6 Å². The Kier molecular flexibility index (Phi) is 41.2. The number of nitrogens with zero attached hydrogens (tertiary/aromatic N) is 8. The molecule has 0 saturated carbocycles. The molecular weight excluding hydrogens is 1820 g/mol. The average Bonchev–Trinajstić information content (AvgIpc) is 1.80. The number of ether oxygens (including phenoxy) is 4. The third kappa shape index (κ3) is 35.7. The number of Topliss-reactive ketones (excluding diaryl/α,β-unsaturated/α-hetero) is 1. The van der Waals surface area contributed by atoms with Gasteiger partial charge in [0.1, 0.15) is 29.8 Å². The summed E-state index contributed by atoms with van der Waals surface area (Å²) in [5, 5.41) is 23.6. The van der Waals surface area contributed by atoms with E-state index in [1.807, 2.05) is 231 Å². The van der Waals surface area contributed by atoms with Gasteiger partial charge in [0, 0.05) is 109 Å². The number of ketones is 1. The summed E-state index contributed by atoms with van der Waals surface area (Å²) >= 11 is 0. The van der Waals surface area contributed by atoms with Gasteiger partial charge in [-0.05, 0) is 197 Å². The molecule has 0 spiro atoms. The number of carbonyl (C=O) groups is 6. The molecule has 0 fully saturated rings. The van der Waals surface area contributed by atoms with E-state index in [9.17, 15) is 41.9 Å². The van der Waals surface area contributed by atoms with Crippen LogP contribution in [0, 0.1) is 17.5 Å². The Morgan fingerprint density at radius 1 is 0.290 bits per heavy atom. The molecule has 0 bridgehead atoms. The summed E-state index contributed by atoms with van der Waals surface area (Å²) in [4.78, 5) is 78.2. The minimum atomic E-state index is -0.918. The van der Waals surface area contributed by atoms with E-state index >= 15 is 0 Å². The van der Waals surface area contributed by atoms with Crippen molar-refractivity contribution >= 4 is 36.6 Å². The Hall–Kier alpha value is -16.8. The monoisotopic (exact) mass is 1940 g/mol. The van der Waals surface area contributed by atoms with Crippen LogP contribution in [0.5, 0.6) is 5.75 Å². The van der Waals surface area contributed by atoms with Gasteiger partial charge >= 0.3 is 17.9 Å². The zero-order chi connectivity index (χ0) is 102. The summed E-state index contributed by atoms with van der Waals surface area (Å²) in [6.07, 6.45) is 0. The summed E-state index contributed by atoms with van der Waals surface area (Å²) < 4.78 is 58.9. The van der Waals surface area contributed by atoms with Gasteiger partial charge in [0.05, 0.1) is 30.9 Å². The molecule has 16 aromatic carbocycles. The first kappa shape index (κ1) is 106. The second kappa shape index (κ2) is 56.6. The number of methoxy groups -OCH3 is 2. The van der Waals surface area contributed by atoms with Gasteiger partial charge in [0.15, 0.2) is 5.78 Å². The third-order valence-corrected chi connectivity index (χ3v) is 23.6. The molecule has 1 aromatic heterocycles. The molecule has 0 aliphatic carbocycles. The van der Waals surface area contributed by atoms with Crippen LogP contribution in [0.4, 0.5) is 13.2 Å². The van der Waals surface area contributed by atoms with E-state index in [-0.39, 0.29) is 47.3 Å². The molecule has 20 nitrogen and oxygen atoms in total. The lowest BCUT2D eigenvalue weighted by Gasteiger charge is -2.23. The van der Waals surface area contributed by atoms with Crippen molar-refractivity contribution < 1.29 is 66.0 Å². The highest BCUT2D eigenvalue weighted by molar-refractivity contribution is 5.94. The van der Waals surface area contributed by atoms with Crippen LogP contribution in [0.3, 0.4) is 0 Å². The molecular formula is C122H114F3N9O11. The number of esters is 2. The number of carboxylic acid groups (broad SMARTS) is 1. The third-order valence-electron chi connectivity index (χ3n) is 23.6. The number of aromatic amines is 1. The van der Waals surface area contributed by atoms with Crippen LogP contribution in [0.25, 0.3) is 22.5 Å². The Bertz CT molecular complexity index is 6670. The first-order chi connectivity index (χ1) is 70.8. The molecule has 2 N–H and O–H groups in total. The van der Waals surface area contributed by atoms with Gasteiger partial charge < -0.3 is 24.1 Å². The van der Waals surface area contributed by atoms with Gasteiger partial charge in [-0.3, -0.25) is 38.9 Å². The molecule has 0 saturated heterocycles. The fourth-order valence-corrected chi connectivity index (χ4v) is 16.3. The maximum Gasteiger partial charge on any atom is 0.337 e. The van der Waals surface area contributed by atoms with Crippen LogP contribution in [0.15, 0.2) is 419 Å². The van der Waals surface area contributed by atoms with Crippen LogP contribution < -0.4 is 4.74 Å². The molecule has 0 radical (unpaired) electrons. The van der Waals surface area contributed by atoms with Crippen LogP contribution in [0.2, 0.25) is 0 Å². The standard InChI is InChI=1S/C28H24FN5.C25H25NO4.C24H23NO3.C23H22FNO2.C22H20FNO2/c29-25-16-12-23(13-17-25)20-34(18-21-6-2-1-3-7-21)19-22-10-14-24(15-11-22)26-8-4-5-9-27(26)28-30-32-33-31-28;1-29-24(27)22-12-8-20(9-13-22)17-26(16-19-6-4-3-5-7-19)18-21-10-14-23(15-11-21)25(28)30-2;1-18(26)22-11-7-20(8-12-22)16-25(15-19-5-3-2-4-6-19)17-21-9-13-23(14-10-21)24(27)28;24-23-12-10-21(11-13-23)16-25(14-19-4-2-1-3-5-19)15-20-6-8-22(9-7-20)17-27-18-26;23-21-10-6-19(7-11-21)15-24(14-18-4-2-1-3-5-18)16-20-8-12-22(13-9-20)26-17-25/h1-17H,18-20H2,(H,30,31,32,33);3-15H,16-18H2,1-2H3;2-14H,15-17H2,1H3,(H,27,28);1-13,18H,14-17H2;1-13,17H,14-16H2. The summed E-state index contributed by atoms with van der Waals surface area (Å²) in [7, 11) is 2.76. The molecule has 0 unspecified atom stereocenters. The highest BCUT2D eigenvalue weighted by atomic mass is 19.1. The molecule has 734 valence electrons. The number of aromatic nitrogens is 4. The van der Waals surface area contributed by atoms with E-state index in [1.54, 1.807) is 55.5 Å². The summed E-state index contributed by atoms with van der Waals surface area (Å²) in [6.45, 7) is 14.0. The second-order valence-electron chi connectivity index (χ2n) is 34.7. The quantitative estimate of drug-likeness (QED) is 0.0157. The van der Waals surface area contributed by atoms with Crippen molar-refractivity contribution in [3.8, 4) is 28.3 Å². The Balaban J connectivity index is 0.000000152. The lowest BCUT2D eigenvalue weighted by Crippen LogP contribution is -2.22. The Morgan fingerprint density at radius 3 is 0.793 bits per heavy atom. The van der Waals surface area contributed by atoms with Crippen molar-refractivity contribution in [3.05, 3.63) is 547 Å². The number of hydrogen-bond donors (Lipinski definition) is 2. The highest BCUT2D eigenvalue weighted by Crippen LogP contribution is 2.32. The first-order valence-electron chi connectivity index (χ1n) is 47.4. The number of carboxylic acids is 1. The zero-order valence-corrected chi connectivity index (χ0v) is 81.0. The summed E-state index contributed by atoms with van der Waals surface area (Å²) in [6, 6.07) is 133. The molecule has 0 aliphatic heterocycles. The van der Waals surface area contributed by atoms with Crippen molar-refractivity contribution in [2.45, 2.75) is 112 Å². The lowest BCUT2D eigenvalue weighted by atomic mass is 9.98. The van der Waals surface area contributed by atoms with E-state index in [2.05, 4.69) is 148 Å². The molecule has 0 aliphatic rings. The molecule has 0 amide bonds. The van der Waals surface area contributed by atoms with E-state index in [0.29, 0.717) is 54.3 Å². The number of aromatic carboxylic acids is 1. The van der Waals surface area contributed by atoms with Gasteiger partial charge in [0.2, 0.25) is 5.82 Å². The molecule has 1 heterocycles. The minimum absolute atomic E-state index is 0.0613. The minimum Gasteiger partial charge on any atom is -0.478 e. The van der Waals surface area contributed by atoms with Crippen LogP contribution in [-0.2, 0) is 129 Å². The largest absolute Gasteiger partial charge is 0.478 e. The average molecular weight is 1940 g/mol. The van der Waals surface area contributed by atoms with Crippen molar-refractivity contribution in [1.82, 2.24) is 45.1 Å². The second-order valence-corrected chi connectivity index (χ2v) is 34.7. The van der Waals surface area contributed by atoms with Gasteiger partial charge in [-0.15, -0.1) is 10.2 Å². The first-order valence-corrected chi connectivity index (χ1v) is 47.4. The van der Waals surface area contributed by atoms with Crippen molar-refractivity contribution in [2.24, 2.45) is 0 Å². The SMILES string of the molecule is CC(=O)c1ccc(CN(Cc2ccccc2)Cc2ccc(C(=O)O)cc2)cc1.COC(=O)c1ccc(CN(Cc2ccccc2)Cc2ccc(C(=O)OC)cc2)cc1.Fc1ccc(CN(Cc2ccccc2)Cc2ccc(-c3ccccc3-c3nn[nH]n3)cc2)cc1.O=COCc1ccc(CN(Cc2ccccc2)Cc2ccc(F)cc2)cc1.O=COc1ccc(CN(Cc2ccccc2)Cc2ccc(F)cc2)cc1. The van der Waals surface area contributed by atoms with Crippen molar-refractivity contribution in [3.63, 3.8) is 0 Å². The molecule has 17 rings (SSSR count). The fourth-order valence-electron chi connectivity index (χ4n) is 16.3. The van der Waals surface area contributed by atoms with E-state index in [4.69, 9.17) is 24.1 Å². The number of rotatable bonds is 41. The van der Waals surface area contributed by atoms with E-state index < -0.39 is 5.97 Å². The van der Waals surface area contributed by atoms with Gasteiger partial charge in [0.25, 0.3) is 12.9 Å². The van der Waals surface area contributed by atoms with Crippen LogP contribution >= 0.6 is 0 Å². The Morgan fingerprint density at radius 2 is 0.531 bits per heavy atom. The topological polar surface area (TPSA) is 230 Å². The maximum atomic E-state index is 13.4. The highest BCUT2D eigenvalue weighted by Gasteiger charge is 2.19. The molecule has 0 atom stereocenters. The van der Waals surface area contributed by atoms with Crippen LogP contribution in [0.1, 0.15) is 137 Å². The number of H-pyrrole nitrogens is 1. The Labute approximate surface area is 844 Å². The number of carbonyl (C=O) groups excluding carboxylic acids is 5. The molecule has 23 heteroatoms. The van der Waals surface area contributed by atoms with Crippen molar-refractivity contribution in [1.29, 1.82) is 0 Å². The summed E-state index contributed by atoms with van der Waals surface area (Å²) in [5.41, 5.74) is 23.3. The van der Waals surface area contributed by atoms with Crippen molar-refractivity contribution in [2.75, 3.05) is 14.2 Å². The van der Waals surface area contributed by atoms with Gasteiger partial charge in [-0.2, -0.15) is 5.21 Å². The number of benzene rings is 16. The van der Waals surface area contributed by atoms with E-state index in [0.717, 1.165) is 152 Å². The normalized spacial score (nSPS) is 10.8. The van der Waals surface area contributed by atoms with Crippen LogP contribution in [-0.4, -0.2) is 101 Å². The maximum absolute atomic E-state index is 13.4. The number of hydrogen-bond acceptors (Lipinski definition) is 18. The molecule has 17 aromatic rings. The number of halogens is 3. The summed E-state index contributed by atoms with van der Waals surface area (Å²) in [5.74, 6) is -1.10. The smallest absolute Gasteiger partial charge is 0.337 e. The number of nitrogens with one attached hydrogen (secondary N) is 1.